The minimum absolute atomic E-state index is 0.0784. The summed E-state index contributed by atoms with van der Waals surface area (Å²) in [7, 11) is 0. The first kappa shape index (κ1) is 15.4. The van der Waals surface area contributed by atoms with Gasteiger partial charge in [-0.2, -0.15) is 0 Å². The fourth-order valence-electron chi connectivity index (χ4n) is 2.28. The van der Waals surface area contributed by atoms with Crippen molar-refractivity contribution in [2.75, 3.05) is 25.0 Å². The van der Waals surface area contributed by atoms with Crippen molar-refractivity contribution in [3.05, 3.63) is 35.0 Å². The zero-order valence-electron chi connectivity index (χ0n) is 12.7. The molecule has 1 aliphatic rings. The zero-order chi connectivity index (χ0) is 16.2. The molecule has 0 atom stereocenters. The van der Waals surface area contributed by atoms with Crippen molar-refractivity contribution >= 4 is 34.1 Å². The lowest BCUT2D eigenvalue weighted by Gasteiger charge is -2.26. The molecule has 0 spiro atoms. The minimum atomic E-state index is -0.115. The van der Waals surface area contributed by atoms with Gasteiger partial charge in [-0.3, -0.25) is 9.59 Å². The van der Waals surface area contributed by atoms with Crippen LogP contribution < -0.4 is 10.6 Å². The number of aryl methyl sites for hydroxylation is 1. The summed E-state index contributed by atoms with van der Waals surface area (Å²) in [4.78, 5) is 33.7. The van der Waals surface area contributed by atoms with Gasteiger partial charge in [0.25, 0.3) is 0 Å². The van der Waals surface area contributed by atoms with E-state index in [4.69, 9.17) is 0 Å². The first-order valence-electron chi connectivity index (χ1n) is 7.29. The molecule has 3 rings (SSSR count). The smallest absolute Gasteiger partial charge is 0.239 e. The third-order valence-corrected chi connectivity index (χ3v) is 4.23. The van der Waals surface area contributed by atoms with Crippen molar-refractivity contribution < 1.29 is 9.59 Å². The van der Waals surface area contributed by atoms with Crippen molar-refractivity contribution in [1.82, 2.24) is 20.2 Å². The van der Waals surface area contributed by atoms with Crippen molar-refractivity contribution in [3.63, 3.8) is 0 Å². The molecule has 120 valence electrons. The number of nitrogens with one attached hydrogen (secondary N) is 2. The second kappa shape index (κ2) is 6.74. The molecule has 3 heterocycles. The molecule has 2 N–H and O–H groups in total. The van der Waals surface area contributed by atoms with Crippen LogP contribution in [0.25, 0.3) is 0 Å². The quantitative estimate of drug-likeness (QED) is 0.876. The van der Waals surface area contributed by atoms with Crippen LogP contribution in [0.1, 0.15) is 11.3 Å². The highest BCUT2D eigenvalue weighted by Gasteiger charge is 2.21. The molecule has 2 aromatic heterocycles. The number of carbonyl (C=O) groups excluding carboxylic acids is 2. The van der Waals surface area contributed by atoms with Crippen molar-refractivity contribution in [1.29, 1.82) is 0 Å². The normalized spacial score (nSPS) is 14.5. The van der Waals surface area contributed by atoms with Crippen molar-refractivity contribution in [2.45, 2.75) is 13.3 Å². The molecule has 7 nitrogen and oxygen atoms in total. The molecule has 2 aromatic rings. The van der Waals surface area contributed by atoms with Crippen LogP contribution in [0.3, 0.4) is 0 Å². The monoisotopic (exact) mass is 331 g/mol. The number of carbonyl (C=O) groups is 2. The third kappa shape index (κ3) is 4.04. The van der Waals surface area contributed by atoms with Gasteiger partial charge < -0.3 is 15.5 Å². The van der Waals surface area contributed by atoms with E-state index in [0.29, 0.717) is 23.9 Å². The van der Waals surface area contributed by atoms with Crippen LogP contribution in [0.4, 0.5) is 10.9 Å². The Labute approximate surface area is 137 Å². The molecular weight excluding hydrogens is 314 g/mol. The van der Waals surface area contributed by atoms with E-state index in [1.165, 1.54) is 11.3 Å². The topological polar surface area (TPSA) is 87.2 Å². The summed E-state index contributed by atoms with van der Waals surface area (Å²) in [6.45, 7) is 3.18. The van der Waals surface area contributed by atoms with Crippen LogP contribution in [0.5, 0.6) is 0 Å². The number of piperazine rings is 1. The molecule has 1 saturated heterocycles. The van der Waals surface area contributed by atoms with Gasteiger partial charge in [-0.05, 0) is 24.6 Å². The van der Waals surface area contributed by atoms with E-state index < -0.39 is 0 Å². The van der Waals surface area contributed by atoms with Crippen LogP contribution in [0.2, 0.25) is 0 Å². The van der Waals surface area contributed by atoms with Crippen LogP contribution in [-0.2, 0) is 16.0 Å². The Morgan fingerprint density at radius 3 is 3.17 bits per heavy atom. The molecule has 1 aliphatic heterocycles. The predicted octanol–water partition coefficient (Wildman–Crippen LogP) is 1.09. The highest BCUT2D eigenvalue weighted by Crippen LogP contribution is 2.20. The second-order valence-corrected chi connectivity index (χ2v) is 6.19. The van der Waals surface area contributed by atoms with Gasteiger partial charge in [0.05, 0.1) is 18.7 Å². The maximum Gasteiger partial charge on any atom is 0.239 e. The fraction of sp³-hybridized carbons (Fsp3) is 0.333. The number of anilines is 2. The summed E-state index contributed by atoms with van der Waals surface area (Å²) in [5.41, 5.74) is 1.80. The Morgan fingerprint density at radius 2 is 2.39 bits per heavy atom. The zero-order valence-corrected chi connectivity index (χ0v) is 13.5. The van der Waals surface area contributed by atoms with Crippen molar-refractivity contribution in [2.24, 2.45) is 0 Å². The lowest BCUT2D eigenvalue weighted by atomic mass is 10.2. The number of aromatic nitrogens is 2. The number of pyridine rings is 1. The van der Waals surface area contributed by atoms with Gasteiger partial charge in [-0.15, -0.1) is 11.3 Å². The summed E-state index contributed by atoms with van der Waals surface area (Å²) in [5.74, 6) is 0.533. The molecular formula is C15H17N5O2S. The molecule has 0 aliphatic carbocycles. The summed E-state index contributed by atoms with van der Waals surface area (Å²) >= 11 is 1.43. The number of hydrogen-bond donors (Lipinski definition) is 2. The summed E-state index contributed by atoms with van der Waals surface area (Å²) in [6, 6.07) is 3.85. The van der Waals surface area contributed by atoms with E-state index in [1.807, 2.05) is 24.4 Å². The van der Waals surface area contributed by atoms with E-state index in [2.05, 4.69) is 20.6 Å². The molecule has 2 amide bonds. The number of thiazole rings is 1. The maximum atomic E-state index is 12.2. The van der Waals surface area contributed by atoms with E-state index in [9.17, 15) is 9.59 Å². The van der Waals surface area contributed by atoms with Crippen LogP contribution in [0.15, 0.2) is 23.7 Å². The van der Waals surface area contributed by atoms with Gasteiger partial charge in [0.15, 0.2) is 5.13 Å². The molecule has 0 saturated carbocycles. The lowest BCUT2D eigenvalue weighted by molar-refractivity contribution is -0.137. The Morgan fingerprint density at radius 1 is 1.52 bits per heavy atom. The number of rotatable bonds is 4. The van der Waals surface area contributed by atoms with E-state index in [-0.39, 0.29) is 24.8 Å². The van der Waals surface area contributed by atoms with Crippen LogP contribution in [0, 0.1) is 6.92 Å². The average Bonchev–Trinajstić information content (AvgIpc) is 2.94. The van der Waals surface area contributed by atoms with Gasteiger partial charge in [-0.1, -0.05) is 0 Å². The first-order valence-corrected chi connectivity index (χ1v) is 8.17. The largest absolute Gasteiger partial charge is 0.353 e. The number of hydrogen-bond acceptors (Lipinski definition) is 6. The average molecular weight is 331 g/mol. The molecule has 0 unspecified atom stereocenters. The molecule has 0 radical (unpaired) electrons. The van der Waals surface area contributed by atoms with Gasteiger partial charge in [0.1, 0.15) is 5.82 Å². The molecule has 0 aromatic carbocycles. The van der Waals surface area contributed by atoms with Gasteiger partial charge in [-0.25, -0.2) is 9.97 Å². The SMILES string of the molecule is Cc1ccnc(Nc2nc(CC(=O)N3CCNC(=O)C3)cs2)c1. The summed E-state index contributed by atoms with van der Waals surface area (Å²) in [6.07, 6.45) is 1.93. The lowest BCUT2D eigenvalue weighted by Crippen LogP contribution is -2.50. The minimum Gasteiger partial charge on any atom is -0.353 e. The van der Waals surface area contributed by atoms with Crippen molar-refractivity contribution in [3.8, 4) is 0 Å². The van der Waals surface area contributed by atoms with E-state index >= 15 is 0 Å². The highest BCUT2D eigenvalue weighted by molar-refractivity contribution is 7.13. The Balaban J connectivity index is 1.60. The highest BCUT2D eigenvalue weighted by atomic mass is 32.1. The van der Waals surface area contributed by atoms with E-state index in [1.54, 1.807) is 11.1 Å². The van der Waals surface area contributed by atoms with Crippen LogP contribution >= 0.6 is 11.3 Å². The Hall–Kier alpha value is -2.48. The predicted molar refractivity (Wildman–Crippen MR) is 87.7 cm³/mol. The second-order valence-electron chi connectivity index (χ2n) is 5.33. The first-order chi connectivity index (χ1) is 11.1. The standard InChI is InChI=1S/C15H17N5O2S/c1-10-2-3-16-12(6-10)19-15-18-11(9-23-15)7-14(22)20-5-4-17-13(21)8-20/h2-3,6,9H,4-5,7-8H2,1H3,(H,17,21)(H,16,18,19). The third-order valence-electron chi connectivity index (χ3n) is 3.43. The van der Waals surface area contributed by atoms with Crippen LogP contribution in [-0.4, -0.2) is 46.3 Å². The fourth-order valence-corrected chi connectivity index (χ4v) is 3.00. The summed E-state index contributed by atoms with van der Waals surface area (Å²) in [5, 5.41) is 8.38. The number of amides is 2. The summed E-state index contributed by atoms with van der Waals surface area (Å²) < 4.78 is 0. The maximum absolute atomic E-state index is 12.2. The van der Waals surface area contributed by atoms with E-state index in [0.717, 1.165) is 11.4 Å². The Kier molecular flexibility index (Phi) is 4.52. The van der Waals surface area contributed by atoms with Gasteiger partial charge in [0, 0.05) is 24.7 Å². The molecule has 8 heteroatoms. The molecule has 0 bridgehead atoms. The van der Waals surface area contributed by atoms with Gasteiger partial charge >= 0.3 is 0 Å². The molecule has 23 heavy (non-hydrogen) atoms. The molecule has 1 fully saturated rings. The Bertz CT molecular complexity index is 730. The number of nitrogens with zero attached hydrogens (tertiary/aromatic N) is 3. The van der Waals surface area contributed by atoms with Gasteiger partial charge in [0.2, 0.25) is 11.8 Å².